The lowest BCUT2D eigenvalue weighted by Crippen LogP contribution is -2.23. The van der Waals surface area contributed by atoms with Gasteiger partial charge in [-0.1, -0.05) is 47.1 Å². The van der Waals surface area contributed by atoms with E-state index in [-0.39, 0.29) is 0 Å². The van der Waals surface area contributed by atoms with Crippen LogP contribution in [0.15, 0.2) is 46.9 Å². The van der Waals surface area contributed by atoms with Gasteiger partial charge in [0, 0.05) is 10.5 Å². The number of ether oxygens (including phenoxy) is 1. The maximum Gasteiger partial charge on any atom is 0.118 e. The fourth-order valence-electron chi connectivity index (χ4n) is 2.45. The van der Waals surface area contributed by atoms with E-state index in [1.807, 2.05) is 12.1 Å². The Morgan fingerprint density at radius 3 is 2.43 bits per heavy atom. The van der Waals surface area contributed by atoms with E-state index in [1.165, 1.54) is 21.2 Å². The van der Waals surface area contributed by atoms with Crippen molar-refractivity contribution in [3.63, 3.8) is 0 Å². The van der Waals surface area contributed by atoms with E-state index >= 15 is 0 Å². The molecule has 2 aromatic rings. The fourth-order valence-corrected chi connectivity index (χ4v) is 3.22. The standard InChI is InChI=1S/C18H22BrNO/c1-4-20-18(16-10-5-13(2)11-17(16)19)12-14-6-8-15(21-3)9-7-14/h5-11,18,20H,4,12H2,1-3H3. The van der Waals surface area contributed by atoms with Crippen LogP contribution in [-0.2, 0) is 6.42 Å². The molecule has 2 rings (SSSR count). The summed E-state index contributed by atoms with van der Waals surface area (Å²) in [4.78, 5) is 0. The molecule has 0 radical (unpaired) electrons. The molecule has 1 unspecified atom stereocenters. The zero-order chi connectivity index (χ0) is 15.2. The van der Waals surface area contributed by atoms with Crippen LogP contribution in [0.3, 0.4) is 0 Å². The van der Waals surface area contributed by atoms with E-state index in [0.717, 1.165) is 18.7 Å². The zero-order valence-electron chi connectivity index (χ0n) is 12.8. The van der Waals surface area contributed by atoms with Crippen LogP contribution in [0.4, 0.5) is 0 Å². The molecule has 2 aromatic carbocycles. The summed E-state index contributed by atoms with van der Waals surface area (Å²) < 4.78 is 6.38. The number of benzene rings is 2. The Balaban J connectivity index is 2.21. The molecule has 0 aliphatic rings. The number of aryl methyl sites for hydroxylation is 1. The summed E-state index contributed by atoms with van der Waals surface area (Å²) in [6.45, 7) is 5.20. The first kappa shape index (κ1) is 16.1. The van der Waals surface area contributed by atoms with Gasteiger partial charge in [-0.15, -0.1) is 0 Å². The van der Waals surface area contributed by atoms with Crippen LogP contribution in [-0.4, -0.2) is 13.7 Å². The maximum atomic E-state index is 5.22. The molecule has 0 aliphatic carbocycles. The summed E-state index contributed by atoms with van der Waals surface area (Å²) in [7, 11) is 1.69. The predicted octanol–water partition coefficient (Wildman–Crippen LogP) is 4.66. The van der Waals surface area contributed by atoms with Gasteiger partial charge in [-0.05, 0) is 54.8 Å². The van der Waals surface area contributed by atoms with Crippen molar-refractivity contribution in [3.8, 4) is 5.75 Å². The van der Waals surface area contributed by atoms with E-state index in [0.29, 0.717) is 6.04 Å². The minimum atomic E-state index is 0.304. The molecule has 0 amide bonds. The van der Waals surface area contributed by atoms with E-state index in [9.17, 15) is 0 Å². The highest BCUT2D eigenvalue weighted by Crippen LogP contribution is 2.27. The van der Waals surface area contributed by atoms with Crippen LogP contribution in [0.5, 0.6) is 5.75 Å². The second kappa shape index (κ2) is 7.62. The lowest BCUT2D eigenvalue weighted by Gasteiger charge is -2.20. The number of rotatable bonds is 6. The number of nitrogens with one attached hydrogen (secondary N) is 1. The third-order valence-electron chi connectivity index (χ3n) is 3.58. The summed E-state index contributed by atoms with van der Waals surface area (Å²) in [6.07, 6.45) is 0.958. The minimum absolute atomic E-state index is 0.304. The second-order valence-corrected chi connectivity index (χ2v) is 6.04. The van der Waals surface area contributed by atoms with Gasteiger partial charge in [0.2, 0.25) is 0 Å². The van der Waals surface area contributed by atoms with E-state index < -0.39 is 0 Å². The maximum absolute atomic E-state index is 5.22. The molecule has 1 N–H and O–H groups in total. The fraction of sp³-hybridized carbons (Fsp3) is 0.333. The van der Waals surface area contributed by atoms with Crippen LogP contribution in [0.25, 0.3) is 0 Å². The number of hydrogen-bond donors (Lipinski definition) is 1. The third kappa shape index (κ3) is 4.32. The van der Waals surface area contributed by atoms with Crippen molar-refractivity contribution >= 4 is 15.9 Å². The molecule has 0 aliphatic heterocycles. The van der Waals surface area contributed by atoms with Gasteiger partial charge in [-0.3, -0.25) is 0 Å². The van der Waals surface area contributed by atoms with Gasteiger partial charge < -0.3 is 10.1 Å². The van der Waals surface area contributed by atoms with Crippen molar-refractivity contribution in [1.29, 1.82) is 0 Å². The summed E-state index contributed by atoms with van der Waals surface area (Å²) >= 11 is 3.69. The topological polar surface area (TPSA) is 21.3 Å². The van der Waals surface area contributed by atoms with Crippen molar-refractivity contribution in [3.05, 3.63) is 63.6 Å². The lowest BCUT2D eigenvalue weighted by atomic mass is 9.98. The van der Waals surface area contributed by atoms with Gasteiger partial charge in [-0.2, -0.15) is 0 Å². The van der Waals surface area contributed by atoms with Crippen LogP contribution < -0.4 is 10.1 Å². The highest BCUT2D eigenvalue weighted by atomic mass is 79.9. The van der Waals surface area contributed by atoms with Crippen molar-refractivity contribution in [2.75, 3.05) is 13.7 Å². The molecule has 3 heteroatoms. The highest BCUT2D eigenvalue weighted by Gasteiger charge is 2.14. The molecular formula is C18H22BrNO. The van der Waals surface area contributed by atoms with Crippen LogP contribution in [0.2, 0.25) is 0 Å². The summed E-state index contributed by atoms with van der Waals surface area (Å²) in [5.74, 6) is 0.898. The van der Waals surface area contributed by atoms with Crippen molar-refractivity contribution < 1.29 is 4.74 Å². The molecule has 0 aromatic heterocycles. The average molecular weight is 348 g/mol. The molecule has 0 bridgehead atoms. The van der Waals surface area contributed by atoms with Gasteiger partial charge in [0.25, 0.3) is 0 Å². The van der Waals surface area contributed by atoms with E-state index in [4.69, 9.17) is 4.74 Å². The van der Waals surface area contributed by atoms with Crippen LogP contribution in [0, 0.1) is 6.92 Å². The summed E-state index contributed by atoms with van der Waals surface area (Å²) in [6, 6.07) is 15.1. The average Bonchev–Trinajstić information content (AvgIpc) is 2.48. The Bertz CT molecular complexity index is 580. The normalized spacial score (nSPS) is 12.2. The SMILES string of the molecule is CCNC(Cc1ccc(OC)cc1)c1ccc(C)cc1Br. The summed E-state index contributed by atoms with van der Waals surface area (Å²) in [5, 5.41) is 3.58. The van der Waals surface area contributed by atoms with Gasteiger partial charge >= 0.3 is 0 Å². The molecule has 21 heavy (non-hydrogen) atoms. The number of halogens is 1. The lowest BCUT2D eigenvalue weighted by molar-refractivity contribution is 0.414. The zero-order valence-corrected chi connectivity index (χ0v) is 14.4. The Labute approximate surface area is 135 Å². The quantitative estimate of drug-likeness (QED) is 0.820. The van der Waals surface area contributed by atoms with Crippen LogP contribution in [0.1, 0.15) is 29.7 Å². The van der Waals surface area contributed by atoms with Gasteiger partial charge in [0.05, 0.1) is 7.11 Å². The van der Waals surface area contributed by atoms with Crippen molar-refractivity contribution in [1.82, 2.24) is 5.32 Å². The Morgan fingerprint density at radius 1 is 1.14 bits per heavy atom. The van der Waals surface area contributed by atoms with Gasteiger partial charge in [-0.25, -0.2) is 0 Å². The molecule has 112 valence electrons. The van der Waals surface area contributed by atoms with Gasteiger partial charge in [0.1, 0.15) is 5.75 Å². The molecule has 0 saturated heterocycles. The smallest absolute Gasteiger partial charge is 0.118 e. The van der Waals surface area contributed by atoms with Crippen molar-refractivity contribution in [2.45, 2.75) is 26.3 Å². The van der Waals surface area contributed by atoms with Crippen molar-refractivity contribution in [2.24, 2.45) is 0 Å². The van der Waals surface area contributed by atoms with E-state index in [1.54, 1.807) is 7.11 Å². The Hall–Kier alpha value is -1.32. The Kier molecular flexibility index (Phi) is 5.83. The monoisotopic (exact) mass is 347 g/mol. The first-order chi connectivity index (χ1) is 10.1. The van der Waals surface area contributed by atoms with E-state index in [2.05, 4.69) is 65.4 Å². The molecule has 0 fully saturated rings. The molecule has 1 atom stereocenters. The first-order valence-electron chi connectivity index (χ1n) is 7.26. The first-order valence-corrected chi connectivity index (χ1v) is 8.05. The molecular weight excluding hydrogens is 326 g/mol. The highest BCUT2D eigenvalue weighted by molar-refractivity contribution is 9.10. The third-order valence-corrected chi connectivity index (χ3v) is 4.27. The molecule has 0 heterocycles. The number of likely N-dealkylation sites (N-methyl/N-ethyl adjacent to an activating group) is 1. The number of hydrogen-bond acceptors (Lipinski definition) is 2. The second-order valence-electron chi connectivity index (χ2n) is 5.19. The number of methoxy groups -OCH3 is 1. The largest absolute Gasteiger partial charge is 0.497 e. The van der Waals surface area contributed by atoms with Gasteiger partial charge in [0.15, 0.2) is 0 Å². The molecule has 0 spiro atoms. The summed E-state index contributed by atoms with van der Waals surface area (Å²) in [5.41, 5.74) is 3.87. The minimum Gasteiger partial charge on any atom is -0.497 e. The predicted molar refractivity (Wildman–Crippen MR) is 92.0 cm³/mol. The molecule has 0 saturated carbocycles. The van der Waals surface area contributed by atoms with Crippen LogP contribution >= 0.6 is 15.9 Å². The molecule has 2 nitrogen and oxygen atoms in total. The Morgan fingerprint density at radius 2 is 1.86 bits per heavy atom.